The van der Waals surface area contributed by atoms with Gasteiger partial charge in [-0.1, -0.05) is 18.2 Å². The quantitative estimate of drug-likeness (QED) is 0.748. The molecule has 1 atom stereocenters. The number of para-hydroxylation sites is 1. The lowest BCUT2D eigenvalue weighted by Gasteiger charge is -2.10. The number of rotatable bonds is 4. The Bertz CT molecular complexity index is 322. The highest BCUT2D eigenvalue weighted by Crippen LogP contribution is 2.16. The Morgan fingerprint density at radius 1 is 1.50 bits per heavy atom. The van der Waals surface area contributed by atoms with Crippen LogP contribution in [-0.2, 0) is 4.79 Å². The first kappa shape index (κ1) is 10.5. The molecule has 0 spiro atoms. The van der Waals surface area contributed by atoms with E-state index in [1.54, 1.807) is 12.1 Å². The molecule has 0 aromatic heterocycles. The fraction of sp³-hybridized carbons (Fsp3) is 0.300. The number of aryl methyl sites for hydroxylation is 1. The molecule has 4 nitrogen and oxygen atoms in total. The Labute approximate surface area is 81.8 Å². The molecule has 0 fully saturated rings. The van der Waals surface area contributed by atoms with E-state index in [-0.39, 0.29) is 6.61 Å². The minimum absolute atomic E-state index is 0.236. The number of ether oxygens (including phenoxy) is 1. The van der Waals surface area contributed by atoms with Crippen molar-refractivity contribution in [3.63, 3.8) is 0 Å². The number of carboxylic acid groups (broad SMARTS) is 1. The maximum atomic E-state index is 10.3. The summed E-state index contributed by atoms with van der Waals surface area (Å²) in [6.45, 7) is 1.61. The van der Waals surface area contributed by atoms with Crippen molar-refractivity contribution in [2.45, 2.75) is 13.0 Å². The van der Waals surface area contributed by atoms with Crippen LogP contribution in [0.1, 0.15) is 5.56 Å². The monoisotopic (exact) mass is 196 g/mol. The van der Waals surface area contributed by atoms with Crippen molar-refractivity contribution in [3.8, 4) is 5.75 Å². The standard InChI is InChI=1S/C10H12O4/c1-7-4-2-3-5-9(7)14-6-8(11)10(12)13/h2-5,8,11H,6H2,1H3,(H,12,13)/t8-/m0/s1. The first-order valence-electron chi connectivity index (χ1n) is 4.20. The molecule has 0 radical (unpaired) electrons. The van der Waals surface area contributed by atoms with E-state index in [1.165, 1.54) is 0 Å². The molecule has 1 aromatic carbocycles. The van der Waals surface area contributed by atoms with E-state index < -0.39 is 12.1 Å². The van der Waals surface area contributed by atoms with E-state index in [0.29, 0.717) is 5.75 Å². The van der Waals surface area contributed by atoms with Crippen molar-refractivity contribution in [1.29, 1.82) is 0 Å². The molecule has 1 aromatic rings. The molecular weight excluding hydrogens is 184 g/mol. The van der Waals surface area contributed by atoms with E-state index in [2.05, 4.69) is 0 Å². The molecule has 1 rings (SSSR count). The van der Waals surface area contributed by atoms with Gasteiger partial charge in [0.25, 0.3) is 0 Å². The molecule has 0 aliphatic carbocycles. The fourth-order valence-electron chi connectivity index (χ4n) is 0.958. The van der Waals surface area contributed by atoms with Gasteiger partial charge in [0.15, 0.2) is 6.10 Å². The molecular formula is C10H12O4. The fourth-order valence-corrected chi connectivity index (χ4v) is 0.958. The van der Waals surface area contributed by atoms with Gasteiger partial charge in [-0.3, -0.25) is 0 Å². The molecule has 14 heavy (non-hydrogen) atoms. The zero-order valence-corrected chi connectivity index (χ0v) is 7.80. The minimum atomic E-state index is -1.48. The Morgan fingerprint density at radius 3 is 2.71 bits per heavy atom. The number of aliphatic hydroxyl groups is 1. The molecule has 0 saturated carbocycles. The van der Waals surface area contributed by atoms with Crippen LogP contribution in [0.2, 0.25) is 0 Å². The average molecular weight is 196 g/mol. The Morgan fingerprint density at radius 2 is 2.14 bits per heavy atom. The highest BCUT2D eigenvalue weighted by Gasteiger charge is 2.13. The molecule has 0 aliphatic rings. The summed E-state index contributed by atoms with van der Waals surface area (Å²) in [5.41, 5.74) is 0.907. The Balaban J connectivity index is 2.54. The highest BCUT2D eigenvalue weighted by molar-refractivity contribution is 5.72. The van der Waals surface area contributed by atoms with Gasteiger partial charge in [-0.2, -0.15) is 0 Å². The lowest BCUT2D eigenvalue weighted by atomic mass is 10.2. The van der Waals surface area contributed by atoms with Crippen LogP contribution in [-0.4, -0.2) is 28.9 Å². The van der Waals surface area contributed by atoms with Crippen molar-refractivity contribution < 1.29 is 19.7 Å². The number of benzene rings is 1. The summed E-state index contributed by atoms with van der Waals surface area (Å²) in [6, 6.07) is 7.22. The number of hydrogen-bond donors (Lipinski definition) is 2. The van der Waals surface area contributed by atoms with Crippen molar-refractivity contribution in [2.75, 3.05) is 6.61 Å². The topological polar surface area (TPSA) is 66.8 Å². The minimum Gasteiger partial charge on any atom is -0.490 e. The predicted octanol–water partition coefficient (Wildman–Crippen LogP) is 0.819. The zero-order valence-electron chi connectivity index (χ0n) is 7.80. The van der Waals surface area contributed by atoms with Crippen LogP contribution in [0.3, 0.4) is 0 Å². The van der Waals surface area contributed by atoms with Gasteiger partial charge < -0.3 is 14.9 Å². The third-order valence-corrected chi connectivity index (χ3v) is 1.78. The number of aliphatic carboxylic acids is 1. The molecule has 0 bridgehead atoms. The van der Waals surface area contributed by atoms with E-state index in [0.717, 1.165) is 5.56 Å². The maximum absolute atomic E-state index is 10.3. The normalized spacial score (nSPS) is 12.1. The molecule has 76 valence electrons. The van der Waals surface area contributed by atoms with Crippen molar-refractivity contribution >= 4 is 5.97 Å². The maximum Gasteiger partial charge on any atom is 0.336 e. The van der Waals surface area contributed by atoms with E-state index in [4.69, 9.17) is 14.9 Å². The number of carbonyl (C=O) groups is 1. The van der Waals surface area contributed by atoms with Gasteiger partial charge in [-0.05, 0) is 18.6 Å². The second-order valence-electron chi connectivity index (χ2n) is 2.93. The lowest BCUT2D eigenvalue weighted by molar-refractivity contribution is -0.148. The largest absolute Gasteiger partial charge is 0.490 e. The summed E-state index contributed by atoms with van der Waals surface area (Å²) in [6.07, 6.45) is -1.48. The summed E-state index contributed by atoms with van der Waals surface area (Å²) in [4.78, 5) is 10.3. The summed E-state index contributed by atoms with van der Waals surface area (Å²) >= 11 is 0. The Kier molecular flexibility index (Phi) is 3.48. The molecule has 0 unspecified atom stereocenters. The SMILES string of the molecule is Cc1ccccc1OC[C@H](O)C(=O)O. The smallest absolute Gasteiger partial charge is 0.336 e. The van der Waals surface area contributed by atoms with Crippen molar-refractivity contribution in [2.24, 2.45) is 0 Å². The van der Waals surface area contributed by atoms with Crippen LogP contribution in [0.4, 0.5) is 0 Å². The summed E-state index contributed by atoms with van der Waals surface area (Å²) in [7, 11) is 0. The second-order valence-corrected chi connectivity index (χ2v) is 2.93. The van der Waals surface area contributed by atoms with Crippen LogP contribution in [0.5, 0.6) is 5.75 Å². The summed E-state index contributed by atoms with van der Waals surface area (Å²) in [5.74, 6) is -0.689. The lowest BCUT2D eigenvalue weighted by Crippen LogP contribution is -2.26. The third kappa shape index (κ3) is 2.74. The third-order valence-electron chi connectivity index (χ3n) is 1.78. The van der Waals surface area contributed by atoms with Gasteiger partial charge in [-0.25, -0.2) is 4.79 Å². The number of carboxylic acids is 1. The highest BCUT2D eigenvalue weighted by atomic mass is 16.5. The van der Waals surface area contributed by atoms with Crippen LogP contribution in [0.25, 0.3) is 0 Å². The first-order valence-corrected chi connectivity index (χ1v) is 4.20. The van der Waals surface area contributed by atoms with E-state index >= 15 is 0 Å². The van der Waals surface area contributed by atoms with Crippen molar-refractivity contribution in [3.05, 3.63) is 29.8 Å². The van der Waals surface area contributed by atoms with Crippen LogP contribution in [0, 0.1) is 6.92 Å². The predicted molar refractivity (Wildman–Crippen MR) is 50.3 cm³/mol. The molecule has 2 N–H and O–H groups in total. The van der Waals surface area contributed by atoms with Gasteiger partial charge in [0.1, 0.15) is 12.4 Å². The van der Waals surface area contributed by atoms with Gasteiger partial charge in [0, 0.05) is 0 Å². The van der Waals surface area contributed by atoms with Gasteiger partial charge >= 0.3 is 5.97 Å². The second kappa shape index (κ2) is 4.62. The first-order chi connectivity index (χ1) is 6.61. The van der Waals surface area contributed by atoms with Gasteiger partial charge in [0.05, 0.1) is 0 Å². The van der Waals surface area contributed by atoms with Crippen LogP contribution in [0.15, 0.2) is 24.3 Å². The van der Waals surface area contributed by atoms with Crippen LogP contribution >= 0.6 is 0 Å². The molecule has 0 amide bonds. The van der Waals surface area contributed by atoms with Gasteiger partial charge in [0.2, 0.25) is 0 Å². The number of hydrogen-bond acceptors (Lipinski definition) is 3. The zero-order chi connectivity index (χ0) is 10.6. The Hall–Kier alpha value is -1.55. The molecule has 0 heterocycles. The average Bonchev–Trinajstić information content (AvgIpc) is 2.16. The summed E-state index contributed by atoms with van der Waals surface area (Å²) in [5, 5.41) is 17.4. The number of aliphatic hydroxyl groups excluding tert-OH is 1. The molecule has 0 saturated heterocycles. The van der Waals surface area contributed by atoms with Crippen LogP contribution < -0.4 is 4.74 Å². The van der Waals surface area contributed by atoms with E-state index in [1.807, 2.05) is 19.1 Å². The van der Waals surface area contributed by atoms with Crippen molar-refractivity contribution in [1.82, 2.24) is 0 Å². The van der Waals surface area contributed by atoms with E-state index in [9.17, 15) is 4.79 Å². The molecule has 0 aliphatic heterocycles. The van der Waals surface area contributed by atoms with Gasteiger partial charge in [-0.15, -0.1) is 0 Å². The summed E-state index contributed by atoms with van der Waals surface area (Å²) < 4.78 is 5.13. The molecule has 4 heteroatoms.